The number of hydrogen-bond donors (Lipinski definition) is 1. The molecule has 0 amide bonds. The standard InChI is InChI=1S/C51H86NO9P/c1-6-8-10-12-14-16-18-20-21-22-23-24-25-26-28-30-32-34-36-38-42-50(54)58-46-49(47-60-62(56,57)59-45-44-52(3,4)5)61-51(55)43-39-41-48(53)40-37-35-33-31-29-27-19-17-15-13-11-9-7-2/h15-18,21-22,24-25,27,29,33,35,37,40,49H,6-14,19-20,23,26,28,30-32,34,36,38-39,41-47H2,1-5H3/p+1/b17-15-,18-16-,22-21-,25-24-,29-27-,35-33-,40-37+/t49-/m1/s1. The minimum absolute atomic E-state index is 0.0180. The molecule has 0 spiro atoms. The molecule has 0 heterocycles. The number of carbonyl (C=O) groups excluding carboxylic acids is 3. The molecule has 11 heteroatoms. The van der Waals surface area contributed by atoms with Crippen LogP contribution in [0, 0.1) is 0 Å². The fourth-order valence-corrected chi connectivity index (χ4v) is 6.60. The van der Waals surface area contributed by atoms with Crippen molar-refractivity contribution in [3.05, 3.63) is 85.1 Å². The van der Waals surface area contributed by atoms with Gasteiger partial charge in [0.2, 0.25) is 0 Å². The summed E-state index contributed by atoms with van der Waals surface area (Å²) in [6, 6.07) is 0. The Bertz CT molecular complexity index is 1390. The molecule has 1 N–H and O–H groups in total. The van der Waals surface area contributed by atoms with Crippen molar-refractivity contribution >= 4 is 25.5 Å². The summed E-state index contributed by atoms with van der Waals surface area (Å²) < 4.78 is 34.1. The third-order valence-electron chi connectivity index (χ3n) is 9.62. The van der Waals surface area contributed by atoms with Crippen LogP contribution in [0.2, 0.25) is 0 Å². The summed E-state index contributed by atoms with van der Waals surface area (Å²) >= 11 is 0. The third kappa shape index (κ3) is 44.9. The van der Waals surface area contributed by atoms with E-state index in [4.69, 9.17) is 18.5 Å². The molecule has 354 valence electrons. The second kappa shape index (κ2) is 41.8. The highest BCUT2D eigenvalue weighted by atomic mass is 31.2. The van der Waals surface area contributed by atoms with E-state index < -0.39 is 32.5 Å². The van der Waals surface area contributed by atoms with Crippen LogP contribution in [0.15, 0.2) is 85.1 Å². The van der Waals surface area contributed by atoms with Crippen LogP contribution in [-0.4, -0.2) is 80.7 Å². The van der Waals surface area contributed by atoms with Crippen LogP contribution in [0.3, 0.4) is 0 Å². The number of nitrogens with zero attached hydrogens (tertiary/aromatic N) is 1. The summed E-state index contributed by atoms with van der Waals surface area (Å²) in [5.74, 6) is -1.19. The molecule has 1 unspecified atom stereocenters. The van der Waals surface area contributed by atoms with Gasteiger partial charge in [-0.3, -0.25) is 23.4 Å². The first-order chi connectivity index (χ1) is 29.9. The fourth-order valence-electron chi connectivity index (χ4n) is 5.86. The van der Waals surface area contributed by atoms with Gasteiger partial charge in [0.25, 0.3) is 0 Å². The zero-order chi connectivity index (χ0) is 45.8. The normalized spacial score (nSPS) is 14.2. The second-order valence-electron chi connectivity index (χ2n) is 16.8. The highest BCUT2D eigenvalue weighted by Gasteiger charge is 2.27. The predicted molar refractivity (Wildman–Crippen MR) is 257 cm³/mol. The number of allylic oxidation sites excluding steroid dienone is 14. The molecule has 0 aliphatic carbocycles. The van der Waals surface area contributed by atoms with Crippen LogP contribution in [0.5, 0.6) is 0 Å². The van der Waals surface area contributed by atoms with Crippen molar-refractivity contribution in [1.29, 1.82) is 0 Å². The largest absolute Gasteiger partial charge is 0.472 e. The van der Waals surface area contributed by atoms with Crippen molar-refractivity contribution in [1.82, 2.24) is 0 Å². The van der Waals surface area contributed by atoms with E-state index in [1.165, 1.54) is 57.4 Å². The van der Waals surface area contributed by atoms with Gasteiger partial charge in [-0.25, -0.2) is 4.57 Å². The molecule has 0 fully saturated rings. The molecule has 0 aromatic heterocycles. The predicted octanol–water partition coefficient (Wildman–Crippen LogP) is 13.1. The van der Waals surface area contributed by atoms with Gasteiger partial charge in [-0.15, -0.1) is 0 Å². The number of likely N-dealkylation sites (N-methyl/N-ethyl adjacent to an activating group) is 1. The van der Waals surface area contributed by atoms with Gasteiger partial charge in [0.1, 0.15) is 19.8 Å². The Morgan fingerprint density at radius 1 is 0.548 bits per heavy atom. The molecule has 0 radical (unpaired) electrons. The fraction of sp³-hybridized carbons (Fsp3) is 0.667. The van der Waals surface area contributed by atoms with Crippen molar-refractivity contribution in [3.8, 4) is 0 Å². The average molecular weight is 889 g/mol. The minimum Gasteiger partial charge on any atom is -0.462 e. The summed E-state index contributed by atoms with van der Waals surface area (Å²) in [6.45, 7) is 4.06. The van der Waals surface area contributed by atoms with E-state index in [0.717, 1.165) is 70.6 Å². The average Bonchev–Trinajstić information content (AvgIpc) is 3.22. The molecule has 0 bridgehead atoms. The van der Waals surface area contributed by atoms with Crippen LogP contribution in [-0.2, 0) is 37.5 Å². The van der Waals surface area contributed by atoms with Gasteiger partial charge in [0, 0.05) is 19.3 Å². The lowest BCUT2D eigenvalue weighted by Gasteiger charge is -2.24. The van der Waals surface area contributed by atoms with E-state index in [2.05, 4.69) is 74.6 Å². The van der Waals surface area contributed by atoms with E-state index in [1.807, 2.05) is 33.3 Å². The first-order valence-corrected chi connectivity index (χ1v) is 25.3. The summed E-state index contributed by atoms with van der Waals surface area (Å²) in [6.07, 6.45) is 50.6. The van der Waals surface area contributed by atoms with E-state index in [9.17, 15) is 23.8 Å². The number of quaternary nitrogens is 1. The molecule has 0 aliphatic rings. The zero-order valence-corrected chi connectivity index (χ0v) is 40.5. The van der Waals surface area contributed by atoms with Gasteiger partial charge in [0.15, 0.2) is 11.9 Å². The number of ether oxygens (including phenoxy) is 2. The number of esters is 2. The third-order valence-corrected chi connectivity index (χ3v) is 10.6. The van der Waals surface area contributed by atoms with E-state index in [0.29, 0.717) is 17.4 Å². The Hall–Kier alpha value is -3.14. The van der Waals surface area contributed by atoms with Gasteiger partial charge < -0.3 is 18.9 Å². The molecule has 0 aromatic rings. The topological polar surface area (TPSA) is 125 Å². The molecule has 2 atom stereocenters. The SMILES string of the molecule is CCCCC/C=C\C/C=C\C/C=C\C=C\C(=O)CCCC(=O)O[C@H](COC(=O)CCCCCCCC/C=C\C/C=C\C/C=C\CCCCCC)COP(=O)(O)OCC[N+](C)(C)C. The van der Waals surface area contributed by atoms with Gasteiger partial charge in [0.05, 0.1) is 27.7 Å². The smallest absolute Gasteiger partial charge is 0.462 e. The lowest BCUT2D eigenvalue weighted by molar-refractivity contribution is -0.870. The van der Waals surface area contributed by atoms with Crippen molar-refractivity contribution in [2.75, 3.05) is 47.5 Å². The monoisotopic (exact) mass is 889 g/mol. The quantitative estimate of drug-likeness (QED) is 0.0121. The van der Waals surface area contributed by atoms with E-state index in [1.54, 1.807) is 6.08 Å². The molecule has 10 nitrogen and oxygen atoms in total. The maximum absolute atomic E-state index is 12.7. The van der Waals surface area contributed by atoms with Crippen LogP contribution < -0.4 is 0 Å². The van der Waals surface area contributed by atoms with Crippen LogP contribution in [0.1, 0.15) is 168 Å². The van der Waals surface area contributed by atoms with Crippen molar-refractivity contribution < 1.29 is 46.8 Å². The number of carbonyl (C=O) groups is 3. The van der Waals surface area contributed by atoms with Gasteiger partial charge in [-0.1, -0.05) is 151 Å². The Morgan fingerprint density at radius 3 is 1.61 bits per heavy atom. The number of hydrogen-bond acceptors (Lipinski definition) is 8. The van der Waals surface area contributed by atoms with Gasteiger partial charge in [-0.2, -0.15) is 0 Å². The molecule has 0 rings (SSSR count). The molecular weight excluding hydrogens is 802 g/mol. The lowest BCUT2D eigenvalue weighted by atomic mass is 10.1. The van der Waals surface area contributed by atoms with Crippen LogP contribution >= 0.6 is 7.82 Å². The second-order valence-corrected chi connectivity index (χ2v) is 18.3. The highest BCUT2D eigenvalue weighted by molar-refractivity contribution is 7.47. The zero-order valence-electron chi connectivity index (χ0n) is 39.6. The minimum atomic E-state index is -4.45. The molecular formula is C51H87NO9P+. The van der Waals surface area contributed by atoms with Crippen molar-refractivity contribution in [2.24, 2.45) is 0 Å². The van der Waals surface area contributed by atoms with Crippen molar-refractivity contribution in [3.63, 3.8) is 0 Å². The molecule has 0 saturated heterocycles. The first kappa shape index (κ1) is 58.9. The van der Waals surface area contributed by atoms with E-state index >= 15 is 0 Å². The lowest BCUT2D eigenvalue weighted by Crippen LogP contribution is -2.37. The highest BCUT2D eigenvalue weighted by Crippen LogP contribution is 2.43. The Labute approximate surface area is 377 Å². The molecule has 0 aromatic carbocycles. The summed E-state index contributed by atoms with van der Waals surface area (Å²) in [4.78, 5) is 47.7. The number of rotatable bonds is 42. The number of phosphoric acid groups is 1. The maximum atomic E-state index is 12.7. The first-order valence-electron chi connectivity index (χ1n) is 23.8. The number of phosphoric ester groups is 1. The Balaban J connectivity index is 4.53. The summed E-state index contributed by atoms with van der Waals surface area (Å²) in [5, 5.41) is 0. The maximum Gasteiger partial charge on any atom is 0.472 e. The van der Waals surface area contributed by atoms with Crippen LogP contribution in [0.25, 0.3) is 0 Å². The number of ketones is 1. The van der Waals surface area contributed by atoms with Gasteiger partial charge in [-0.05, 0) is 83.1 Å². The Kier molecular flexibility index (Phi) is 39.7. The molecule has 0 aliphatic heterocycles. The summed E-state index contributed by atoms with van der Waals surface area (Å²) in [7, 11) is 1.31. The summed E-state index contributed by atoms with van der Waals surface area (Å²) in [5.41, 5.74) is 0. The van der Waals surface area contributed by atoms with Crippen molar-refractivity contribution in [2.45, 2.75) is 174 Å². The van der Waals surface area contributed by atoms with Gasteiger partial charge >= 0.3 is 19.8 Å². The number of unbranched alkanes of at least 4 members (excludes halogenated alkanes) is 13. The van der Waals surface area contributed by atoms with E-state index in [-0.39, 0.29) is 44.7 Å². The molecule has 0 saturated carbocycles. The Morgan fingerprint density at radius 2 is 1.03 bits per heavy atom. The van der Waals surface area contributed by atoms with Crippen LogP contribution in [0.4, 0.5) is 0 Å². The molecule has 62 heavy (non-hydrogen) atoms.